The van der Waals surface area contributed by atoms with Crippen LogP contribution < -0.4 is 10.6 Å². The molecule has 3 rings (SSSR count). The average molecular weight is 509 g/mol. The fourth-order valence-corrected chi connectivity index (χ4v) is 4.69. The Balaban J connectivity index is 1.78. The van der Waals surface area contributed by atoms with Crippen molar-refractivity contribution in [1.29, 1.82) is 0 Å². The maximum Gasteiger partial charge on any atom is 0.427 e. The predicted molar refractivity (Wildman–Crippen MR) is 129 cm³/mol. The van der Waals surface area contributed by atoms with Crippen molar-refractivity contribution in [2.24, 2.45) is 5.92 Å². The van der Waals surface area contributed by atoms with Gasteiger partial charge in [-0.1, -0.05) is 50.9 Å². The molecule has 192 valence electrons. The number of rotatable bonds is 9. The molecule has 0 saturated carbocycles. The Morgan fingerprint density at radius 3 is 2.51 bits per heavy atom. The van der Waals surface area contributed by atoms with E-state index in [0.29, 0.717) is 32.5 Å². The number of amides is 4. The second-order valence-corrected chi connectivity index (χ2v) is 9.87. The van der Waals surface area contributed by atoms with Crippen molar-refractivity contribution in [1.82, 2.24) is 10.6 Å². The first kappa shape index (κ1) is 27.1. The molecular formula is C25H35ClN3O6+. The number of cyclic esters (lactones) is 1. The highest BCUT2D eigenvalue weighted by molar-refractivity contribution is 6.33. The van der Waals surface area contributed by atoms with Crippen molar-refractivity contribution in [3.63, 3.8) is 0 Å². The fraction of sp³-hybridized carbons (Fsp3) is 0.600. The molecule has 0 radical (unpaired) electrons. The van der Waals surface area contributed by atoms with Crippen LogP contribution >= 0.6 is 11.6 Å². The molecular weight excluding hydrogens is 474 g/mol. The molecule has 9 nitrogen and oxygen atoms in total. The fourth-order valence-electron chi connectivity index (χ4n) is 4.47. The van der Waals surface area contributed by atoms with Crippen molar-refractivity contribution >= 4 is 35.4 Å². The summed E-state index contributed by atoms with van der Waals surface area (Å²) in [6.45, 7) is 6.72. The molecule has 2 aliphatic rings. The molecule has 0 unspecified atom stereocenters. The van der Waals surface area contributed by atoms with Gasteiger partial charge in [-0.05, 0) is 24.5 Å². The summed E-state index contributed by atoms with van der Waals surface area (Å²) >= 11 is 6.17. The van der Waals surface area contributed by atoms with E-state index in [1.807, 2.05) is 20.8 Å². The van der Waals surface area contributed by atoms with Crippen LogP contribution in [0.2, 0.25) is 5.02 Å². The van der Waals surface area contributed by atoms with Crippen molar-refractivity contribution in [3.05, 3.63) is 34.9 Å². The number of likely N-dealkylation sites (tertiary alicyclic amines) is 1. The number of carbonyl (C=O) groups excluding carboxylic acids is 4. The number of esters is 1. The number of urea groups is 1. The number of nitrogens with zero attached hydrogens (tertiary/aromatic N) is 1. The van der Waals surface area contributed by atoms with Crippen LogP contribution in [0.25, 0.3) is 0 Å². The highest BCUT2D eigenvalue weighted by atomic mass is 35.5. The minimum atomic E-state index is -0.953. The Labute approximate surface area is 211 Å². The summed E-state index contributed by atoms with van der Waals surface area (Å²) in [4.78, 5) is 52.2. The van der Waals surface area contributed by atoms with Gasteiger partial charge >= 0.3 is 17.9 Å². The highest BCUT2D eigenvalue weighted by Gasteiger charge is 2.53. The molecule has 1 aromatic rings. The molecule has 2 saturated heterocycles. The Morgan fingerprint density at radius 2 is 1.89 bits per heavy atom. The van der Waals surface area contributed by atoms with Crippen LogP contribution in [0.15, 0.2) is 24.3 Å². The third-order valence-corrected chi connectivity index (χ3v) is 6.87. The third-order valence-electron chi connectivity index (χ3n) is 6.54. The third kappa shape index (κ3) is 6.20. The number of nitrogens with one attached hydrogen (secondary N) is 2. The molecule has 0 aromatic heterocycles. The van der Waals surface area contributed by atoms with Gasteiger partial charge in [-0.2, -0.15) is 4.48 Å². The number of ether oxygens (including phenoxy) is 2. The summed E-state index contributed by atoms with van der Waals surface area (Å²) in [6.07, 6.45) is 1.62. The molecule has 4 amide bonds. The maximum absolute atomic E-state index is 13.9. The number of hydrogen-bond acceptors (Lipinski definition) is 6. The first-order valence-electron chi connectivity index (χ1n) is 12.3. The first-order chi connectivity index (χ1) is 16.7. The van der Waals surface area contributed by atoms with Gasteiger partial charge in [0, 0.05) is 19.4 Å². The van der Waals surface area contributed by atoms with Crippen molar-refractivity contribution < 1.29 is 33.1 Å². The number of hydrogen-bond donors (Lipinski definition) is 2. The molecule has 35 heavy (non-hydrogen) atoms. The van der Waals surface area contributed by atoms with Gasteiger partial charge in [-0.3, -0.25) is 14.9 Å². The topological polar surface area (TPSA) is 111 Å². The van der Waals surface area contributed by atoms with E-state index in [1.165, 1.54) is 0 Å². The molecule has 2 fully saturated rings. The summed E-state index contributed by atoms with van der Waals surface area (Å²) in [5.41, 5.74) is 0.259. The van der Waals surface area contributed by atoms with Gasteiger partial charge in [0.15, 0.2) is 0 Å². The minimum absolute atomic E-state index is 0.0467. The van der Waals surface area contributed by atoms with Gasteiger partial charge in [0.1, 0.15) is 12.1 Å². The van der Waals surface area contributed by atoms with Crippen molar-refractivity contribution in [2.75, 3.05) is 19.7 Å². The summed E-state index contributed by atoms with van der Waals surface area (Å²) < 4.78 is 10.6. The van der Waals surface area contributed by atoms with Gasteiger partial charge < -0.3 is 14.8 Å². The molecule has 2 aliphatic heterocycles. The highest BCUT2D eigenvalue weighted by Crippen LogP contribution is 2.26. The lowest BCUT2D eigenvalue weighted by Gasteiger charge is -2.34. The van der Waals surface area contributed by atoms with Crippen LogP contribution in [0.3, 0.4) is 0 Å². The summed E-state index contributed by atoms with van der Waals surface area (Å²) in [7, 11) is 0. The molecule has 10 heteroatoms. The number of quaternary nitrogens is 1. The largest absolute Gasteiger partial charge is 0.439 e. The van der Waals surface area contributed by atoms with E-state index in [4.69, 9.17) is 21.1 Å². The quantitative estimate of drug-likeness (QED) is 0.300. The predicted octanol–water partition coefficient (Wildman–Crippen LogP) is 3.40. The smallest absolute Gasteiger partial charge is 0.427 e. The van der Waals surface area contributed by atoms with Crippen molar-refractivity contribution in [3.8, 4) is 0 Å². The van der Waals surface area contributed by atoms with Gasteiger partial charge in [0.05, 0.1) is 30.1 Å². The molecule has 1 aromatic carbocycles. The second kappa shape index (κ2) is 12.0. The monoisotopic (exact) mass is 508 g/mol. The van der Waals surface area contributed by atoms with Gasteiger partial charge in [0.25, 0.3) is 5.91 Å². The Morgan fingerprint density at radius 1 is 1.20 bits per heavy atom. The Bertz CT molecular complexity index is 947. The molecule has 0 bridgehead atoms. The van der Waals surface area contributed by atoms with Gasteiger partial charge in [-0.25, -0.2) is 9.59 Å². The van der Waals surface area contributed by atoms with Crippen LogP contribution in [0.1, 0.15) is 63.2 Å². The van der Waals surface area contributed by atoms with Gasteiger partial charge in [-0.15, -0.1) is 0 Å². The van der Waals surface area contributed by atoms with E-state index in [-0.39, 0.29) is 22.9 Å². The average Bonchev–Trinajstić information content (AvgIpc) is 3.45. The van der Waals surface area contributed by atoms with E-state index in [1.54, 1.807) is 24.3 Å². The van der Waals surface area contributed by atoms with E-state index in [0.717, 1.165) is 12.8 Å². The number of imide groups is 1. The summed E-state index contributed by atoms with van der Waals surface area (Å²) in [5, 5.41) is 5.82. The van der Waals surface area contributed by atoms with E-state index in [9.17, 15) is 19.2 Å². The standard InChI is InChI=1S/C25H34ClN3O6/c1-4-5-14-34-19-15-20(30)35-23(19)28-25(33)29(12-8-9-13-29)24(32)21(16(2)3)27-22(31)17-10-6-7-11-18(17)26/h6-7,10-11,16,19,21,23H,4-5,8-9,12-15H2,1-3H3,(H-,27,28,31,33)/p+1/t19-,21-,23+/m0/s1. The molecule has 2 N–H and O–H groups in total. The lowest BCUT2D eigenvalue weighted by atomic mass is 10.0. The SMILES string of the molecule is CCCCO[C@H]1CC(=O)O[C@H]1NC(=O)[N+]1(C(=O)[C@@H](NC(=O)c2ccccc2Cl)C(C)C)CCCC1. The number of carbonyl (C=O) groups is 4. The summed E-state index contributed by atoms with van der Waals surface area (Å²) in [5.74, 6) is -1.60. The number of unbranched alkanes of at least 4 members (excludes halogenated alkanes) is 1. The molecule has 2 heterocycles. The maximum atomic E-state index is 13.9. The van der Waals surface area contributed by atoms with Gasteiger partial charge in [0.2, 0.25) is 6.23 Å². The van der Waals surface area contributed by atoms with Crippen LogP contribution in [0.4, 0.5) is 4.79 Å². The minimum Gasteiger partial charge on any atom is -0.439 e. The first-order valence-corrected chi connectivity index (χ1v) is 12.7. The van der Waals surface area contributed by atoms with Crippen LogP contribution in [0.5, 0.6) is 0 Å². The lowest BCUT2D eigenvalue weighted by molar-refractivity contribution is -0.761. The van der Waals surface area contributed by atoms with E-state index in [2.05, 4.69) is 10.6 Å². The van der Waals surface area contributed by atoms with Crippen LogP contribution in [-0.2, 0) is 19.1 Å². The number of benzene rings is 1. The molecule has 3 atom stereocenters. The van der Waals surface area contributed by atoms with Crippen LogP contribution in [-0.4, -0.2) is 66.4 Å². The number of halogens is 1. The Kier molecular flexibility index (Phi) is 9.27. The van der Waals surface area contributed by atoms with E-state index < -0.39 is 46.7 Å². The Hall–Kier alpha value is -2.49. The lowest BCUT2D eigenvalue weighted by Crippen LogP contribution is -2.67. The summed E-state index contributed by atoms with van der Waals surface area (Å²) in [6, 6.07) is 5.14. The van der Waals surface area contributed by atoms with Crippen molar-refractivity contribution in [2.45, 2.75) is 71.2 Å². The van der Waals surface area contributed by atoms with E-state index >= 15 is 0 Å². The zero-order chi connectivity index (χ0) is 25.6. The molecule has 0 spiro atoms. The second-order valence-electron chi connectivity index (χ2n) is 9.46. The zero-order valence-corrected chi connectivity index (χ0v) is 21.3. The van der Waals surface area contributed by atoms with Crippen LogP contribution in [0, 0.1) is 5.92 Å². The molecule has 0 aliphatic carbocycles. The zero-order valence-electron chi connectivity index (χ0n) is 20.6. The normalized spacial score (nSPS) is 22.0.